The minimum absolute atomic E-state index is 0.0840. The van der Waals surface area contributed by atoms with Crippen LogP contribution in [0.3, 0.4) is 0 Å². The standard InChI is InChI=1S/C16H19N3O2S/c1-11-3-5-13(6-4-11)22-10-15-18-17-14-9-12(16(20)21-2)7-8-19(14)15/h3-6,12H,7-10H2,1-2H3. The molecule has 1 unspecified atom stereocenters. The molecule has 1 atom stereocenters. The van der Waals surface area contributed by atoms with E-state index < -0.39 is 0 Å². The third-order valence-corrected chi connectivity index (χ3v) is 4.97. The zero-order valence-corrected chi connectivity index (χ0v) is 13.6. The lowest BCUT2D eigenvalue weighted by Crippen LogP contribution is -2.27. The lowest BCUT2D eigenvalue weighted by molar-refractivity contribution is -0.146. The molecule has 0 saturated carbocycles. The van der Waals surface area contributed by atoms with Crippen molar-refractivity contribution in [3.8, 4) is 0 Å². The summed E-state index contributed by atoms with van der Waals surface area (Å²) in [5, 5.41) is 8.53. The van der Waals surface area contributed by atoms with Gasteiger partial charge in [-0.2, -0.15) is 0 Å². The molecule has 22 heavy (non-hydrogen) atoms. The molecular weight excluding hydrogens is 298 g/mol. The van der Waals surface area contributed by atoms with Crippen molar-refractivity contribution < 1.29 is 9.53 Å². The monoisotopic (exact) mass is 317 g/mol. The Bertz CT molecular complexity index is 667. The molecule has 116 valence electrons. The summed E-state index contributed by atoms with van der Waals surface area (Å²) in [6.45, 7) is 2.87. The van der Waals surface area contributed by atoms with Crippen LogP contribution >= 0.6 is 11.8 Å². The Labute approximate surface area is 134 Å². The Balaban J connectivity index is 1.66. The van der Waals surface area contributed by atoms with Crippen LogP contribution in [0.2, 0.25) is 0 Å². The molecule has 1 aliphatic rings. The number of esters is 1. The van der Waals surface area contributed by atoms with Gasteiger partial charge in [-0.1, -0.05) is 17.7 Å². The van der Waals surface area contributed by atoms with E-state index in [4.69, 9.17) is 4.74 Å². The maximum atomic E-state index is 11.6. The van der Waals surface area contributed by atoms with Gasteiger partial charge in [-0.15, -0.1) is 22.0 Å². The van der Waals surface area contributed by atoms with Crippen molar-refractivity contribution in [3.63, 3.8) is 0 Å². The molecule has 0 amide bonds. The lowest BCUT2D eigenvalue weighted by Gasteiger charge is -2.21. The SMILES string of the molecule is COC(=O)C1CCn2c(CSc3ccc(C)cc3)nnc2C1. The second kappa shape index (κ2) is 6.52. The van der Waals surface area contributed by atoms with Crippen molar-refractivity contribution in [2.24, 2.45) is 5.92 Å². The molecule has 0 aliphatic carbocycles. The van der Waals surface area contributed by atoms with Crippen molar-refractivity contribution >= 4 is 17.7 Å². The van der Waals surface area contributed by atoms with Gasteiger partial charge in [-0.3, -0.25) is 4.79 Å². The first-order chi connectivity index (χ1) is 10.7. The highest BCUT2D eigenvalue weighted by atomic mass is 32.2. The Hall–Kier alpha value is -1.82. The highest BCUT2D eigenvalue weighted by Crippen LogP contribution is 2.26. The fourth-order valence-electron chi connectivity index (χ4n) is 2.65. The molecular formula is C16H19N3O2S. The first-order valence-electron chi connectivity index (χ1n) is 7.35. The largest absolute Gasteiger partial charge is 0.469 e. The molecule has 1 aromatic heterocycles. The van der Waals surface area contributed by atoms with E-state index in [1.54, 1.807) is 11.8 Å². The number of aryl methyl sites for hydroxylation is 1. The zero-order chi connectivity index (χ0) is 15.5. The normalized spacial score (nSPS) is 17.1. The Morgan fingerprint density at radius 1 is 1.36 bits per heavy atom. The van der Waals surface area contributed by atoms with E-state index in [1.165, 1.54) is 17.6 Å². The second-order valence-corrected chi connectivity index (χ2v) is 6.55. The van der Waals surface area contributed by atoms with E-state index >= 15 is 0 Å². The quantitative estimate of drug-likeness (QED) is 0.641. The molecule has 2 aromatic rings. The van der Waals surface area contributed by atoms with Gasteiger partial charge in [-0.25, -0.2) is 0 Å². The smallest absolute Gasteiger partial charge is 0.309 e. The van der Waals surface area contributed by atoms with E-state index in [2.05, 4.69) is 46.0 Å². The fraction of sp³-hybridized carbons (Fsp3) is 0.438. The van der Waals surface area contributed by atoms with Crippen molar-refractivity contribution in [2.45, 2.75) is 37.0 Å². The summed E-state index contributed by atoms with van der Waals surface area (Å²) < 4.78 is 6.97. The van der Waals surface area contributed by atoms with E-state index in [0.29, 0.717) is 6.42 Å². The third kappa shape index (κ3) is 3.16. The average Bonchev–Trinajstić information content (AvgIpc) is 2.96. The minimum Gasteiger partial charge on any atom is -0.469 e. The van der Waals surface area contributed by atoms with E-state index in [-0.39, 0.29) is 11.9 Å². The molecule has 5 nitrogen and oxygen atoms in total. The number of carbonyl (C=O) groups is 1. The van der Waals surface area contributed by atoms with Crippen LogP contribution in [0.1, 0.15) is 23.6 Å². The van der Waals surface area contributed by atoms with Crippen LogP contribution < -0.4 is 0 Å². The van der Waals surface area contributed by atoms with Crippen LogP contribution in [0, 0.1) is 12.8 Å². The van der Waals surface area contributed by atoms with Crippen LogP contribution in [0.5, 0.6) is 0 Å². The molecule has 0 bridgehead atoms. The van der Waals surface area contributed by atoms with Crippen LogP contribution in [-0.2, 0) is 28.2 Å². The molecule has 0 saturated heterocycles. The number of carbonyl (C=O) groups excluding carboxylic acids is 1. The molecule has 2 heterocycles. The Kier molecular flexibility index (Phi) is 4.47. The summed E-state index contributed by atoms with van der Waals surface area (Å²) in [4.78, 5) is 12.9. The summed E-state index contributed by atoms with van der Waals surface area (Å²) in [5.74, 6) is 2.42. The molecule has 0 radical (unpaired) electrons. The number of hydrogen-bond acceptors (Lipinski definition) is 5. The predicted octanol–water partition coefficient (Wildman–Crippen LogP) is 2.61. The van der Waals surface area contributed by atoms with Crippen molar-refractivity contribution in [2.75, 3.05) is 7.11 Å². The van der Waals surface area contributed by atoms with Crippen LogP contribution in [0.4, 0.5) is 0 Å². The number of nitrogens with zero attached hydrogens (tertiary/aromatic N) is 3. The molecule has 1 aromatic carbocycles. The van der Waals surface area contributed by atoms with Crippen LogP contribution in [0.25, 0.3) is 0 Å². The number of ether oxygens (including phenoxy) is 1. The summed E-state index contributed by atoms with van der Waals surface area (Å²) in [5.41, 5.74) is 1.26. The Morgan fingerprint density at radius 3 is 2.86 bits per heavy atom. The number of hydrogen-bond donors (Lipinski definition) is 0. The van der Waals surface area contributed by atoms with Crippen LogP contribution in [0.15, 0.2) is 29.2 Å². The first kappa shape index (κ1) is 15.1. The number of benzene rings is 1. The van der Waals surface area contributed by atoms with Gasteiger partial charge in [0.15, 0.2) is 0 Å². The van der Waals surface area contributed by atoms with Gasteiger partial charge < -0.3 is 9.30 Å². The highest BCUT2D eigenvalue weighted by Gasteiger charge is 2.28. The fourth-order valence-corrected chi connectivity index (χ4v) is 3.48. The number of thioether (sulfide) groups is 1. The number of methoxy groups -OCH3 is 1. The summed E-state index contributed by atoms with van der Waals surface area (Å²) in [7, 11) is 1.44. The summed E-state index contributed by atoms with van der Waals surface area (Å²) in [6.07, 6.45) is 1.41. The molecule has 3 rings (SSSR count). The molecule has 0 fully saturated rings. The van der Waals surface area contributed by atoms with Crippen molar-refractivity contribution in [1.82, 2.24) is 14.8 Å². The third-order valence-electron chi connectivity index (χ3n) is 3.96. The van der Waals surface area contributed by atoms with Gasteiger partial charge in [0.2, 0.25) is 0 Å². The predicted molar refractivity (Wildman–Crippen MR) is 84.6 cm³/mol. The van der Waals surface area contributed by atoms with Gasteiger partial charge in [0, 0.05) is 17.9 Å². The maximum Gasteiger partial charge on any atom is 0.309 e. The average molecular weight is 317 g/mol. The van der Waals surface area contributed by atoms with Gasteiger partial charge in [0.05, 0.1) is 18.8 Å². The van der Waals surface area contributed by atoms with Gasteiger partial charge in [0.1, 0.15) is 11.6 Å². The first-order valence-corrected chi connectivity index (χ1v) is 8.34. The minimum atomic E-state index is -0.148. The van der Waals surface area contributed by atoms with Gasteiger partial charge in [0.25, 0.3) is 0 Å². The van der Waals surface area contributed by atoms with E-state index in [1.807, 2.05) is 0 Å². The van der Waals surface area contributed by atoms with Gasteiger partial charge in [-0.05, 0) is 25.5 Å². The second-order valence-electron chi connectivity index (χ2n) is 5.50. The lowest BCUT2D eigenvalue weighted by atomic mass is 9.98. The molecule has 6 heteroatoms. The number of fused-ring (bicyclic) bond motifs is 1. The molecule has 1 aliphatic heterocycles. The van der Waals surface area contributed by atoms with E-state index in [0.717, 1.165) is 30.4 Å². The van der Waals surface area contributed by atoms with Gasteiger partial charge >= 0.3 is 5.97 Å². The Morgan fingerprint density at radius 2 is 2.14 bits per heavy atom. The topological polar surface area (TPSA) is 57.0 Å². The zero-order valence-electron chi connectivity index (χ0n) is 12.8. The molecule has 0 spiro atoms. The highest BCUT2D eigenvalue weighted by molar-refractivity contribution is 7.98. The number of aromatic nitrogens is 3. The summed E-state index contributed by atoms with van der Waals surface area (Å²) >= 11 is 1.76. The van der Waals surface area contributed by atoms with E-state index in [9.17, 15) is 4.79 Å². The number of rotatable bonds is 4. The summed E-state index contributed by atoms with van der Waals surface area (Å²) in [6, 6.07) is 8.48. The molecule has 0 N–H and O–H groups in total. The maximum absolute atomic E-state index is 11.6. The van der Waals surface area contributed by atoms with Crippen molar-refractivity contribution in [1.29, 1.82) is 0 Å². The van der Waals surface area contributed by atoms with Crippen molar-refractivity contribution in [3.05, 3.63) is 41.5 Å². The van der Waals surface area contributed by atoms with Crippen LogP contribution in [-0.4, -0.2) is 27.8 Å².